The highest BCUT2D eigenvalue weighted by Gasteiger charge is 2.41. The molecule has 0 radical (unpaired) electrons. The van der Waals surface area contributed by atoms with Crippen molar-refractivity contribution in [2.24, 2.45) is 0 Å². The normalized spacial score (nSPS) is 19.8. The van der Waals surface area contributed by atoms with Crippen LogP contribution in [0, 0.1) is 0 Å². The molecule has 2 aliphatic rings. The van der Waals surface area contributed by atoms with E-state index >= 15 is 0 Å². The number of rotatable bonds is 5. The zero-order valence-corrected chi connectivity index (χ0v) is 14.9. The molecule has 1 aliphatic carbocycles. The van der Waals surface area contributed by atoms with E-state index in [9.17, 15) is 13.2 Å². The minimum Gasteiger partial charge on any atom is -0.336 e. The van der Waals surface area contributed by atoms with Crippen LogP contribution in [0.15, 0.2) is 29.2 Å². The second-order valence-electron chi connectivity index (χ2n) is 5.86. The number of carbonyl (C=O) groups excluding carboxylic acids is 1. The summed E-state index contributed by atoms with van der Waals surface area (Å²) in [5.74, 6) is 0.919. The smallest absolute Gasteiger partial charge is 0.255 e. The second-order valence-corrected chi connectivity index (χ2v) is 9.38. The Kier molecular flexibility index (Phi) is 4.98. The van der Waals surface area contributed by atoms with Gasteiger partial charge in [-0.1, -0.05) is 19.1 Å². The van der Waals surface area contributed by atoms with Gasteiger partial charge in [0.1, 0.15) is 0 Å². The fourth-order valence-electron chi connectivity index (χ4n) is 2.82. The van der Waals surface area contributed by atoms with Gasteiger partial charge in [0, 0.05) is 31.1 Å². The Bertz CT molecular complexity index is 678. The van der Waals surface area contributed by atoms with Crippen LogP contribution in [0.2, 0.25) is 0 Å². The van der Waals surface area contributed by atoms with Crippen molar-refractivity contribution in [1.29, 1.82) is 0 Å². The quantitative estimate of drug-likeness (QED) is 0.760. The maximum atomic E-state index is 12.7. The van der Waals surface area contributed by atoms with E-state index in [0.29, 0.717) is 26.2 Å². The van der Waals surface area contributed by atoms with Gasteiger partial charge in [0.25, 0.3) is 5.91 Å². The summed E-state index contributed by atoms with van der Waals surface area (Å²) < 4.78 is 26.1. The third kappa shape index (κ3) is 3.56. The van der Waals surface area contributed by atoms with Crippen LogP contribution in [0.3, 0.4) is 0 Å². The Labute approximate surface area is 142 Å². The van der Waals surface area contributed by atoms with Gasteiger partial charge in [0.05, 0.1) is 10.8 Å². The Balaban J connectivity index is 1.67. The zero-order chi connectivity index (χ0) is 16.4. The van der Waals surface area contributed by atoms with Crippen LogP contribution < -0.4 is 0 Å². The molecule has 126 valence electrons. The molecular weight excluding hydrogens is 332 g/mol. The number of nitrogens with zero attached hydrogens (tertiary/aromatic N) is 2. The predicted octanol–water partition coefficient (Wildman–Crippen LogP) is 2.05. The number of carbonyl (C=O) groups is 1. The molecule has 0 atom stereocenters. The van der Waals surface area contributed by atoms with Gasteiger partial charge in [-0.3, -0.25) is 4.79 Å². The van der Waals surface area contributed by atoms with Crippen LogP contribution >= 0.6 is 11.8 Å². The van der Waals surface area contributed by atoms with Gasteiger partial charge < -0.3 is 4.90 Å². The molecule has 2 fully saturated rings. The average molecular weight is 354 g/mol. The van der Waals surface area contributed by atoms with Gasteiger partial charge in [-0.2, -0.15) is 4.31 Å². The van der Waals surface area contributed by atoms with Crippen LogP contribution in [0.5, 0.6) is 0 Å². The van der Waals surface area contributed by atoms with Crippen molar-refractivity contribution in [3.63, 3.8) is 0 Å². The first kappa shape index (κ1) is 16.8. The molecule has 1 saturated carbocycles. The molecule has 1 aromatic carbocycles. The van der Waals surface area contributed by atoms with E-state index in [1.165, 1.54) is 0 Å². The van der Waals surface area contributed by atoms with E-state index in [0.717, 1.165) is 29.1 Å². The summed E-state index contributed by atoms with van der Waals surface area (Å²) in [6, 6.07) is 7.64. The molecule has 23 heavy (non-hydrogen) atoms. The van der Waals surface area contributed by atoms with Crippen molar-refractivity contribution in [2.45, 2.75) is 29.9 Å². The molecule has 7 heteroatoms. The zero-order valence-electron chi connectivity index (χ0n) is 13.3. The first-order valence-electron chi connectivity index (χ1n) is 8.04. The van der Waals surface area contributed by atoms with Gasteiger partial charge >= 0.3 is 0 Å². The fourth-order valence-corrected chi connectivity index (χ4v) is 5.44. The maximum absolute atomic E-state index is 12.7. The van der Waals surface area contributed by atoms with E-state index in [4.69, 9.17) is 0 Å². The molecule has 1 aliphatic heterocycles. The number of piperazine rings is 1. The maximum Gasteiger partial charge on any atom is 0.255 e. The van der Waals surface area contributed by atoms with Gasteiger partial charge in [-0.05, 0) is 30.7 Å². The second kappa shape index (κ2) is 6.83. The lowest BCUT2D eigenvalue weighted by molar-refractivity contribution is 0.0694. The topological polar surface area (TPSA) is 57.7 Å². The molecule has 5 nitrogen and oxygen atoms in total. The highest BCUT2D eigenvalue weighted by molar-refractivity contribution is 7.99. The number of hydrogen-bond donors (Lipinski definition) is 0. The molecule has 0 unspecified atom stereocenters. The first-order chi connectivity index (χ1) is 11.0. The lowest BCUT2D eigenvalue weighted by Gasteiger charge is -2.34. The van der Waals surface area contributed by atoms with Gasteiger partial charge in [0.15, 0.2) is 0 Å². The van der Waals surface area contributed by atoms with Crippen molar-refractivity contribution in [2.75, 3.05) is 31.9 Å². The van der Waals surface area contributed by atoms with Gasteiger partial charge in [0.2, 0.25) is 10.0 Å². The van der Waals surface area contributed by atoms with E-state index in [1.54, 1.807) is 21.0 Å². The third-order valence-electron chi connectivity index (χ3n) is 4.25. The molecular formula is C16H22N2O3S2. The Morgan fingerprint density at radius 1 is 1.17 bits per heavy atom. The molecule has 1 heterocycles. The summed E-state index contributed by atoms with van der Waals surface area (Å²) in [6.45, 7) is 3.82. The summed E-state index contributed by atoms with van der Waals surface area (Å²) in [5.41, 5.74) is 0.720. The fraction of sp³-hybridized carbons (Fsp3) is 0.562. The predicted molar refractivity (Wildman–Crippen MR) is 92.3 cm³/mol. The summed E-state index contributed by atoms with van der Waals surface area (Å²) in [7, 11) is -3.13. The monoisotopic (exact) mass is 354 g/mol. The lowest BCUT2D eigenvalue weighted by atomic mass is 10.2. The Morgan fingerprint density at radius 3 is 2.43 bits per heavy atom. The molecule has 0 spiro atoms. The highest BCUT2D eigenvalue weighted by atomic mass is 32.2. The number of sulfonamides is 1. The largest absolute Gasteiger partial charge is 0.336 e. The summed E-state index contributed by atoms with van der Waals surface area (Å²) in [6.07, 6.45) is 1.56. The number of amides is 1. The SMILES string of the molecule is CCSc1ccccc1C(=O)N1CCN(S(=O)(=O)C2CC2)CC1. The number of thioether (sulfide) groups is 1. The van der Waals surface area contributed by atoms with Crippen molar-refractivity contribution in [3.8, 4) is 0 Å². The third-order valence-corrected chi connectivity index (χ3v) is 7.60. The van der Waals surface area contributed by atoms with Crippen LogP contribution in [0.25, 0.3) is 0 Å². The van der Waals surface area contributed by atoms with Crippen molar-refractivity contribution in [3.05, 3.63) is 29.8 Å². The molecule has 1 aromatic rings. The minimum atomic E-state index is -3.13. The summed E-state index contributed by atoms with van der Waals surface area (Å²) >= 11 is 1.66. The van der Waals surface area contributed by atoms with E-state index < -0.39 is 10.0 Å². The van der Waals surface area contributed by atoms with Gasteiger partial charge in [-0.25, -0.2) is 8.42 Å². The van der Waals surface area contributed by atoms with Crippen LogP contribution in [0.1, 0.15) is 30.1 Å². The molecule has 0 aromatic heterocycles. The Morgan fingerprint density at radius 2 is 1.83 bits per heavy atom. The average Bonchev–Trinajstić information content (AvgIpc) is 3.41. The highest BCUT2D eigenvalue weighted by Crippen LogP contribution is 2.31. The van der Waals surface area contributed by atoms with Crippen molar-refractivity contribution in [1.82, 2.24) is 9.21 Å². The van der Waals surface area contributed by atoms with Crippen LogP contribution in [-0.4, -0.2) is 60.7 Å². The standard InChI is InChI=1S/C16H22N2O3S2/c1-2-22-15-6-4-3-5-14(15)16(19)17-9-11-18(12-10-17)23(20,21)13-7-8-13/h3-6,13H,2,7-12H2,1H3. The summed E-state index contributed by atoms with van der Waals surface area (Å²) in [4.78, 5) is 15.5. The molecule has 0 bridgehead atoms. The van der Waals surface area contributed by atoms with E-state index in [1.807, 2.05) is 24.3 Å². The van der Waals surface area contributed by atoms with Crippen molar-refractivity contribution < 1.29 is 13.2 Å². The molecule has 1 saturated heterocycles. The first-order valence-corrected chi connectivity index (χ1v) is 10.5. The molecule has 1 amide bonds. The minimum absolute atomic E-state index is 0.00465. The van der Waals surface area contributed by atoms with Crippen molar-refractivity contribution >= 4 is 27.7 Å². The summed E-state index contributed by atoms with van der Waals surface area (Å²) in [5, 5.41) is -0.175. The number of hydrogen-bond acceptors (Lipinski definition) is 4. The molecule has 3 rings (SSSR count). The lowest BCUT2D eigenvalue weighted by Crippen LogP contribution is -2.51. The van der Waals surface area contributed by atoms with Crippen LogP contribution in [0.4, 0.5) is 0 Å². The van der Waals surface area contributed by atoms with Crippen LogP contribution in [-0.2, 0) is 10.0 Å². The van der Waals surface area contributed by atoms with E-state index in [-0.39, 0.29) is 11.2 Å². The van der Waals surface area contributed by atoms with E-state index in [2.05, 4.69) is 6.92 Å². The van der Waals surface area contributed by atoms with Gasteiger partial charge in [-0.15, -0.1) is 11.8 Å². The Hall–Kier alpha value is -1.05. The molecule has 0 N–H and O–H groups in total. The number of benzene rings is 1.